The molecule has 1 amide bonds. The average Bonchev–Trinajstić information content (AvgIpc) is 3.19. The van der Waals surface area contributed by atoms with Gasteiger partial charge in [-0.25, -0.2) is 0 Å². The molecule has 2 fully saturated rings. The lowest BCUT2D eigenvalue weighted by molar-refractivity contribution is 0.0297. The van der Waals surface area contributed by atoms with Crippen LogP contribution in [0.3, 0.4) is 0 Å². The van der Waals surface area contributed by atoms with Gasteiger partial charge in [-0.2, -0.15) is 0 Å². The van der Waals surface area contributed by atoms with Gasteiger partial charge in [-0.1, -0.05) is 6.07 Å². The topological polar surface area (TPSA) is 37.7 Å². The van der Waals surface area contributed by atoms with E-state index in [4.69, 9.17) is 4.74 Å². The zero-order valence-corrected chi connectivity index (χ0v) is 15.0. The fourth-order valence-corrected chi connectivity index (χ4v) is 4.02. The monoisotopic (exact) mass is 341 g/mol. The number of ether oxygens (including phenoxy) is 1. The summed E-state index contributed by atoms with van der Waals surface area (Å²) in [5.41, 5.74) is 1.88. The first-order chi connectivity index (χ1) is 12.2. The maximum atomic E-state index is 13.1. The van der Waals surface area contributed by atoms with Gasteiger partial charge in [-0.3, -0.25) is 4.79 Å². The molecule has 0 N–H and O–H groups in total. The van der Waals surface area contributed by atoms with E-state index in [9.17, 15) is 4.79 Å². The molecular formula is C20H27N3O2. The first kappa shape index (κ1) is 16.6. The molecule has 3 heterocycles. The van der Waals surface area contributed by atoms with Crippen LogP contribution in [-0.4, -0.2) is 65.7 Å². The Hall–Kier alpha value is -1.85. The highest BCUT2D eigenvalue weighted by Gasteiger charge is 2.26. The van der Waals surface area contributed by atoms with Crippen LogP contribution in [0, 0.1) is 0 Å². The van der Waals surface area contributed by atoms with Gasteiger partial charge < -0.3 is 19.1 Å². The highest BCUT2D eigenvalue weighted by molar-refractivity contribution is 5.98. The van der Waals surface area contributed by atoms with Crippen molar-refractivity contribution in [3.63, 3.8) is 0 Å². The zero-order valence-electron chi connectivity index (χ0n) is 15.0. The van der Waals surface area contributed by atoms with Gasteiger partial charge in [0, 0.05) is 50.6 Å². The second-order valence-electron chi connectivity index (χ2n) is 7.31. The first-order valence-electron chi connectivity index (χ1n) is 9.39. The van der Waals surface area contributed by atoms with Gasteiger partial charge >= 0.3 is 0 Å². The summed E-state index contributed by atoms with van der Waals surface area (Å²) in [6.07, 6.45) is 5.64. The molecule has 0 radical (unpaired) electrons. The van der Waals surface area contributed by atoms with E-state index in [0.717, 1.165) is 50.3 Å². The highest BCUT2D eigenvalue weighted by Crippen LogP contribution is 2.19. The van der Waals surface area contributed by atoms with Crippen LogP contribution in [0.4, 0.5) is 0 Å². The SMILES string of the molecule is Cn1ccc2ccc(C(=O)N3CCCOC(CN4CCCC4)C3)cc21. The second kappa shape index (κ2) is 7.18. The van der Waals surface area contributed by atoms with Crippen molar-refractivity contribution in [2.45, 2.75) is 25.4 Å². The molecule has 5 heteroatoms. The summed E-state index contributed by atoms with van der Waals surface area (Å²) in [4.78, 5) is 17.5. The fourth-order valence-electron chi connectivity index (χ4n) is 4.02. The van der Waals surface area contributed by atoms with Crippen molar-refractivity contribution >= 4 is 16.8 Å². The summed E-state index contributed by atoms with van der Waals surface area (Å²) in [6.45, 7) is 5.50. The molecule has 2 saturated heterocycles. The normalized spacial score (nSPS) is 22.4. The molecule has 2 aliphatic heterocycles. The van der Waals surface area contributed by atoms with E-state index in [1.165, 1.54) is 18.2 Å². The van der Waals surface area contributed by atoms with Crippen molar-refractivity contribution in [3.8, 4) is 0 Å². The predicted octanol–water partition coefficient (Wildman–Crippen LogP) is 2.51. The number of carbonyl (C=O) groups excluding carboxylic acids is 1. The average molecular weight is 341 g/mol. The third-order valence-electron chi connectivity index (χ3n) is 5.43. The summed E-state index contributed by atoms with van der Waals surface area (Å²) in [6, 6.07) is 8.08. The Labute approximate surface area is 149 Å². The Morgan fingerprint density at radius 1 is 1.16 bits per heavy atom. The van der Waals surface area contributed by atoms with E-state index in [2.05, 4.69) is 15.5 Å². The van der Waals surface area contributed by atoms with E-state index >= 15 is 0 Å². The second-order valence-corrected chi connectivity index (χ2v) is 7.31. The van der Waals surface area contributed by atoms with Crippen LogP contribution in [0.1, 0.15) is 29.6 Å². The van der Waals surface area contributed by atoms with E-state index in [-0.39, 0.29) is 12.0 Å². The summed E-state index contributed by atoms with van der Waals surface area (Å²) in [7, 11) is 2.02. The first-order valence-corrected chi connectivity index (χ1v) is 9.39. The van der Waals surface area contributed by atoms with Crippen molar-refractivity contribution in [1.82, 2.24) is 14.4 Å². The largest absolute Gasteiger partial charge is 0.375 e. The molecule has 1 aromatic heterocycles. The van der Waals surface area contributed by atoms with Crippen molar-refractivity contribution in [1.29, 1.82) is 0 Å². The minimum atomic E-state index is 0.125. The van der Waals surface area contributed by atoms with Crippen molar-refractivity contribution in [2.24, 2.45) is 7.05 Å². The molecule has 1 atom stereocenters. The minimum absolute atomic E-state index is 0.125. The predicted molar refractivity (Wildman–Crippen MR) is 98.9 cm³/mol. The number of amides is 1. The lowest BCUT2D eigenvalue weighted by Crippen LogP contribution is -2.41. The number of aryl methyl sites for hydroxylation is 1. The fraction of sp³-hybridized carbons (Fsp3) is 0.550. The molecule has 1 aromatic carbocycles. The number of rotatable bonds is 3. The Balaban J connectivity index is 1.49. The number of likely N-dealkylation sites (tertiary alicyclic amines) is 1. The molecule has 134 valence electrons. The van der Waals surface area contributed by atoms with Crippen LogP contribution in [0.25, 0.3) is 10.9 Å². The van der Waals surface area contributed by atoms with Gasteiger partial charge in [0.15, 0.2) is 0 Å². The third kappa shape index (κ3) is 3.58. The highest BCUT2D eigenvalue weighted by atomic mass is 16.5. The molecule has 4 rings (SSSR count). The number of aromatic nitrogens is 1. The summed E-state index contributed by atoms with van der Waals surface area (Å²) < 4.78 is 8.08. The minimum Gasteiger partial charge on any atom is -0.375 e. The molecule has 0 saturated carbocycles. The number of hydrogen-bond acceptors (Lipinski definition) is 3. The number of nitrogens with zero attached hydrogens (tertiary/aromatic N) is 3. The lowest BCUT2D eigenvalue weighted by atomic mass is 10.1. The van der Waals surface area contributed by atoms with Crippen molar-refractivity contribution in [3.05, 3.63) is 36.0 Å². The van der Waals surface area contributed by atoms with Gasteiger partial charge in [0.05, 0.1) is 6.10 Å². The van der Waals surface area contributed by atoms with Crippen molar-refractivity contribution in [2.75, 3.05) is 39.3 Å². The Morgan fingerprint density at radius 2 is 2.00 bits per heavy atom. The van der Waals surface area contributed by atoms with Gasteiger partial charge in [0.2, 0.25) is 0 Å². The zero-order chi connectivity index (χ0) is 17.2. The molecule has 1 unspecified atom stereocenters. The van der Waals surface area contributed by atoms with Gasteiger partial charge in [0.1, 0.15) is 0 Å². The number of carbonyl (C=O) groups is 1. The van der Waals surface area contributed by atoms with E-state index in [1.54, 1.807) is 0 Å². The van der Waals surface area contributed by atoms with Crippen LogP contribution in [0.15, 0.2) is 30.5 Å². The third-order valence-corrected chi connectivity index (χ3v) is 5.43. The summed E-state index contributed by atoms with van der Waals surface area (Å²) in [5, 5.41) is 1.17. The molecular weight excluding hydrogens is 314 g/mol. The summed E-state index contributed by atoms with van der Waals surface area (Å²) in [5.74, 6) is 0.125. The maximum absolute atomic E-state index is 13.1. The Bertz CT molecular complexity index is 748. The molecule has 25 heavy (non-hydrogen) atoms. The number of benzene rings is 1. The van der Waals surface area contributed by atoms with E-state index in [1.807, 2.05) is 36.3 Å². The molecule has 0 bridgehead atoms. The van der Waals surface area contributed by atoms with Crippen molar-refractivity contribution < 1.29 is 9.53 Å². The Kier molecular flexibility index (Phi) is 4.77. The molecule has 5 nitrogen and oxygen atoms in total. The van der Waals surface area contributed by atoms with Crippen LogP contribution in [0.2, 0.25) is 0 Å². The van der Waals surface area contributed by atoms with Gasteiger partial charge in [0.25, 0.3) is 5.91 Å². The molecule has 2 aromatic rings. The van der Waals surface area contributed by atoms with E-state index in [0.29, 0.717) is 6.54 Å². The summed E-state index contributed by atoms with van der Waals surface area (Å²) >= 11 is 0. The van der Waals surface area contributed by atoms with Crippen LogP contribution in [-0.2, 0) is 11.8 Å². The smallest absolute Gasteiger partial charge is 0.254 e. The van der Waals surface area contributed by atoms with Crippen LogP contribution >= 0.6 is 0 Å². The van der Waals surface area contributed by atoms with Gasteiger partial charge in [-0.05, 0) is 55.9 Å². The lowest BCUT2D eigenvalue weighted by Gasteiger charge is -2.27. The Morgan fingerprint density at radius 3 is 2.84 bits per heavy atom. The van der Waals surface area contributed by atoms with E-state index < -0.39 is 0 Å². The standard InChI is InChI=1S/C20H27N3O2/c1-21-11-7-16-5-6-17(13-19(16)21)20(24)23-10-4-12-25-18(15-23)14-22-8-2-3-9-22/h5-7,11,13,18H,2-4,8-10,12,14-15H2,1H3. The number of hydrogen-bond donors (Lipinski definition) is 0. The molecule has 2 aliphatic rings. The van der Waals surface area contributed by atoms with Crippen LogP contribution < -0.4 is 0 Å². The number of fused-ring (bicyclic) bond motifs is 1. The van der Waals surface area contributed by atoms with Gasteiger partial charge in [-0.15, -0.1) is 0 Å². The maximum Gasteiger partial charge on any atom is 0.254 e. The molecule has 0 aliphatic carbocycles. The molecule has 0 spiro atoms. The van der Waals surface area contributed by atoms with Crippen LogP contribution in [0.5, 0.6) is 0 Å². The quantitative estimate of drug-likeness (QED) is 0.861.